The number of pyridine rings is 1. The maximum Gasteiger partial charge on any atom is 0.417 e. The summed E-state index contributed by atoms with van der Waals surface area (Å²) in [5, 5.41) is 6.98. The summed E-state index contributed by atoms with van der Waals surface area (Å²) in [7, 11) is 0. The third-order valence-electron chi connectivity index (χ3n) is 6.44. The Labute approximate surface area is 207 Å². The number of nitrogens with zero attached hydrogens (tertiary/aromatic N) is 4. The lowest BCUT2D eigenvalue weighted by atomic mass is 9.91. The van der Waals surface area contributed by atoms with Crippen LogP contribution in [0.1, 0.15) is 57.8 Å². The molecule has 2 aromatic heterocycles. The summed E-state index contributed by atoms with van der Waals surface area (Å²) in [6.45, 7) is 9.15. The van der Waals surface area contributed by atoms with E-state index in [1.165, 1.54) is 16.9 Å². The number of alkyl halides is 3. The molecule has 0 spiro atoms. The van der Waals surface area contributed by atoms with Crippen LogP contribution >= 0.6 is 0 Å². The first-order valence-corrected chi connectivity index (χ1v) is 11.7. The van der Waals surface area contributed by atoms with E-state index in [-0.39, 0.29) is 17.3 Å². The Morgan fingerprint density at radius 1 is 1.03 bits per heavy atom. The second-order valence-corrected chi connectivity index (χ2v) is 9.60. The molecule has 1 aromatic carbocycles. The first-order valence-electron chi connectivity index (χ1n) is 11.7. The number of carbonyl (C=O) groups excluding carboxylic acids is 2. The number of rotatable bonds is 4. The standard InChI is InChI=1S/C26H28F3N5O2/c1-15-9-16(2)14-33(13-15)25(36)19-6-5-17(3)22(10-19)32-24(35)21-12-31-34(18(21)4)23-8-7-20(11-30-23)26(27,28)29/h5-8,10-12,15-16H,9,13-14H2,1-4H3,(H,32,35). The third kappa shape index (κ3) is 5.27. The van der Waals surface area contributed by atoms with Crippen molar-refractivity contribution >= 4 is 17.5 Å². The Bertz CT molecular complexity index is 1270. The van der Waals surface area contributed by atoms with Gasteiger partial charge in [-0.25, -0.2) is 9.67 Å². The number of aromatic nitrogens is 3. The molecular weight excluding hydrogens is 471 g/mol. The number of amides is 2. The van der Waals surface area contributed by atoms with Crippen molar-refractivity contribution in [1.29, 1.82) is 0 Å². The summed E-state index contributed by atoms with van der Waals surface area (Å²) >= 11 is 0. The molecule has 190 valence electrons. The van der Waals surface area contributed by atoms with Crippen molar-refractivity contribution in [1.82, 2.24) is 19.7 Å². The largest absolute Gasteiger partial charge is 0.417 e. The molecule has 0 bridgehead atoms. The van der Waals surface area contributed by atoms with Crippen LogP contribution in [0.15, 0.2) is 42.7 Å². The number of likely N-dealkylation sites (tertiary alicyclic amines) is 1. The Morgan fingerprint density at radius 2 is 1.72 bits per heavy atom. The second kappa shape index (κ2) is 9.75. The molecular formula is C26H28F3N5O2. The molecule has 2 atom stereocenters. The van der Waals surface area contributed by atoms with Crippen molar-refractivity contribution in [3.05, 3.63) is 70.7 Å². The first kappa shape index (κ1) is 25.4. The van der Waals surface area contributed by atoms with Gasteiger partial charge in [-0.1, -0.05) is 19.9 Å². The average Bonchev–Trinajstić information content (AvgIpc) is 3.20. The van der Waals surface area contributed by atoms with Gasteiger partial charge in [0.15, 0.2) is 5.82 Å². The van der Waals surface area contributed by atoms with Crippen LogP contribution in [0.25, 0.3) is 5.82 Å². The zero-order valence-electron chi connectivity index (χ0n) is 20.6. The first-order chi connectivity index (χ1) is 16.9. The zero-order valence-corrected chi connectivity index (χ0v) is 20.6. The predicted molar refractivity (Wildman–Crippen MR) is 129 cm³/mol. The normalized spacial score (nSPS) is 18.2. The van der Waals surface area contributed by atoms with E-state index in [1.807, 2.05) is 11.8 Å². The predicted octanol–water partition coefficient (Wildman–Crippen LogP) is 5.27. The number of benzene rings is 1. The number of piperidine rings is 1. The van der Waals surface area contributed by atoms with Crippen molar-refractivity contribution in [2.75, 3.05) is 18.4 Å². The van der Waals surface area contributed by atoms with Gasteiger partial charge < -0.3 is 10.2 Å². The van der Waals surface area contributed by atoms with E-state index in [9.17, 15) is 22.8 Å². The van der Waals surface area contributed by atoms with E-state index < -0.39 is 17.6 Å². The summed E-state index contributed by atoms with van der Waals surface area (Å²) in [5.41, 5.74) is 1.58. The topological polar surface area (TPSA) is 80.1 Å². The molecule has 10 heteroatoms. The molecule has 2 unspecified atom stereocenters. The van der Waals surface area contributed by atoms with Crippen molar-refractivity contribution < 1.29 is 22.8 Å². The Morgan fingerprint density at radius 3 is 2.33 bits per heavy atom. The van der Waals surface area contributed by atoms with Crippen LogP contribution in [0.3, 0.4) is 0 Å². The molecule has 3 heterocycles. The fourth-order valence-electron chi connectivity index (χ4n) is 4.63. The van der Waals surface area contributed by atoms with E-state index in [2.05, 4.69) is 29.2 Å². The van der Waals surface area contributed by atoms with Crippen LogP contribution in [-0.2, 0) is 6.18 Å². The van der Waals surface area contributed by atoms with Gasteiger partial charge in [0.25, 0.3) is 11.8 Å². The number of halogens is 3. The molecule has 36 heavy (non-hydrogen) atoms. The minimum Gasteiger partial charge on any atom is -0.338 e. The SMILES string of the molecule is Cc1ccc(C(=O)N2CC(C)CC(C)C2)cc1NC(=O)c1cnn(-c2ccc(C(F)(F)F)cn2)c1C. The zero-order chi connectivity index (χ0) is 26.2. The third-order valence-corrected chi connectivity index (χ3v) is 6.44. The molecule has 0 radical (unpaired) electrons. The van der Waals surface area contributed by atoms with Gasteiger partial charge in [-0.3, -0.25) is 9.59 Å². The van der Waals surface area contributed by atoms with Crippen LogP contribution in [0.2, 0.25) is 0 Å². The molecule has 4 rings (SSSR count). The Balaban J connectivity index is 1.53. The molecule has 1 fully saturated rings. The van der Waals surface area contributed by atoms with Crippen molar-refractivity contribution in [2.45, 2.75) is 40.3 Å². The number of hydrogen-bond donors (Lipinski definition) is 1. The van der Waals surface area contributed by atoms with E-state index in [0.29, 0.717) is 41.9 Å². The molecule has 1 saturated heterocycles. The highest BCUT2D eigenvalue weighted by molar-refractivity contribution is 6.06. The van der Waals surface area contributed by atoms with Crippen molar-refractivity contribution in [2.24, 2.45) is 11.8 Å². The second-order valence-electron chi connectivity index (χ2n) is 9.60. The van der Waals surface area contributed by atoms with E-state index >= 15 is 0 Å². The summed E-state index contributed by atoms with van der Waals surface area (Å²) in [6.07, 6.45) is -1.33. The summed E-state index contributed by atoms with van der Waals surface area (Å²) in [5.74, 6) is 0.509. The minimum atomic E-state index is -4.49. The molecule has 1 aliphatic rings. The van der Waals surface area contributed by atoms with E-state index in [0.717, 1.165) is 24.2 Å². The van der Waals surface area contributed by atoms with Gasteiger partial charge >= 0.3 is 6.18 Å². The highest BCUT2D eigenvalue weighted by Crippen LogP contribution is 2.29. The van der Waals surface area contributed by atoms with Gasteiger partial charge in [-0.05, 0) is 61.9 Å². The van der Waals surface area contributed by atoms with Crippen LogP contribution in [-0.4, -0.2) is 44.6 Å². The highest BCUT2D eigenvalue weighted by atomic mass is 19.4. The lowest BCUT2D eigenvalue weighted by Crippen LogP contribution is -2.42. The molecule has 2 amide bonds. The highest BCUT2D eigenvalue weighted by Gasteiger charge is 2.31. The van der Waals surface area contributed by atoms with Crippen LogP contribution in [0.4, 0.5) is 18.9 Å². The van der Waals surface area contributed by atoms with Gasteiger partial charge in [-0.15, -0.1) is 0 Å². The number of aryl methyl sites for hydroxylation is 1. The fraction of sp³-hybridized carbons (Fsp3) is 0.385. The van der Waals surface area contributed by atoms with Gasteiger partial charge in [0.1, 0.15) is 0 Å². The lowest BCUT2D eigenvalue weighted by molar-refractivity contribution is -0.137. The number of nitrogens with one attached hydrogen (secondary N) is 1. The average molecular weight is 500 g/mol. The molecule has 7 nitrogen and oxygen atoms in total. The van der Waals surface area contributed by atoms with Gasteiger partial charge in [0, 0.05) is 30.5 Å². The number of hydrogen-bond acceptors (Lipinski definition) is 4. The Kier molecular flexibility index (Phi) is 6.88. The van der Waals surface area contributed by atoms with Gasteiger partial charge in [-0.2, -0.15) is 18.3 Å². The lowest BCUT2D eigenvalue weighted by Gasteiger charge is -2.35. The van der Waals surface area contributed by atoms with Crippen molar-refractivity contribution in [3.63, 3.8) is 0 Å². The van der Waals surface area contributed by atoms with E-state index in [1.54, 1.807) is 25.1 Å². The molecule has 1 aliphatic heterocycles. The van der Waals surface area contributed by atoms with Crippen LogP contribution < -0.4 is 5.32 Å². The fourth-order valence-corrected chi connectivity index (χ4v) is 4.63. The summed E-state index contributed by atoms with van der Waals surface area (Å²) in [4.78, 5) is 31.9. The molecule has 0 aliphatic carbocycles. The van der Waals surface area contributed by atoms with Gasteiger partial charge in [0.05, 0.1) is 23.0 Å². The summed E-state index contributed by atoms with van der Waals surface area (Å²) in [6, 6.07) is 7.35. The molecule has 3 aromatic rings. The van der Waals surface area contributed by atoms with Gasteiger partial charge in [0.2, 0.25) is 0 Å². The van der Waals surface area contributed by atoms with Crippen LogP contribution in [0, 0.1) is 25.7 Å². The minimum absolute atomic E-state index is 0.0683. The molecule has 0 saturated carbocycles. The maximum atomic E-state index is 13.1. The van der Waals surface area contributed by atoms with Crippen molar-refractivity contribution in [3.8, 4) is 5.82 Å². The number of carbonyl (C=O) groups is 2. The summed E-state index contributed by atoms with van der Waals surface area (Å²) < 4.78 is 39.8. The Hall–Kier alpha value is -3.69. The monoisotopic (exact) mass is 499 g/mol. The quantitative estimate of drug-likeness (QED) is 0.530. The van der Waals surface area contributed by atoms with Crippen LogP contribution in [0.5, 0.6) is 0 Å². The molecule has 1 N–H and O–H groups in total. The number of anilines is 1. The maximum absolute atomic E-state index is 13.1. The van der Waals surface area contributed by atoms with E-state index in [4.69, 9.17) is 0 Å². The smallest absolute Gasteiger partial charge is 0.338 e.